The van der Waals surface area contributed by atoms with Gasteiger partial charge in [-0.25, -0.2) is 0 Å². The fraction of sp³-hybridized carbons (Fsp3) is 0.421. The van der Waals surface area contributed by atoms with Crippen molar-refractivity contribution in [1.29, 1.82) is 5.41 Å². The highest BCUT2D eigenvalue weighted by atomic mass is 32.1. The maximum atomic E-state index is 12.5. The molecule has 6 nitrogen and oxygen atoms in total. The molecule has 0 spiro atoms. The van der Waals surface area contributed by atoms with Gasteiger partial charge in [-0.05, 0) is 30.0 Å². The van der Waals surface area contributed by atoms with Gasteiger partial charge in [0.2, 0.25) is 11.8 Å². The Morgan fingerprint density at radius 2 is 2.00 bits per heavy atom. The van der Waals surface area contributed by atoms with Gasteiger partial charge in [0, 0.05) is 39.5 Å². The summed E-state index contributed by atoms with van der Waals surface area (Å²) >= 11 is 4.50. The lowest BCUT2D eigenvalue weighted by molar-refractivity contribution is -0.136. The molecule has 2 atom stereocenters. The van der Waals surface area contributed by atoms with Gasteiger partial charge in [0.15, 0.2) is 0 Å². The molecule has 1 fully saturated rings. The molecule has 2 N–H and O–H groups in total. The number of nitrogens with zero attached hydrogens (tertiary/aromatic N) is 2. The summed E-state index contributed by atoms with van der Waals surface area (Å²) in [6.45, 7) is 2.12. The van der Waals surface area contributed by atoms with Crippen LogP contribution in [0.4, 0.5) is 0 Å². The third-order valence-electron chi connectivity index (χ3n) is 4.48. The molecule has 1 saturated heterocycles. The standard InChI is InChI=1S/C19H26N4O2S/c1-13(24)23-12-4-5-17(23)18(25)21-19(26)15-8-6-14(7-9-15)16(10-11-20)22(2)3/h6-11,17,19-20,26H,4-5,12H2,1-3H3,(H,21,25)/b16-10-,20-11?. The van der Waals surface area contributed by atoms with Gasteiger partial charge in [-0.3, -0.25) is 9.59 Å². The first-order chi connectivity index (χ1) is 12.3. The number of amides is 2. The highest BCUT2D eigenvalue weighted by Gasteiger charge is 2.32. The molecular weight excluding hydrogens is 348 g/mol. The van der Waals surface area contributed by atoms with Gasteiger partial charge in [-0.2, -0.15) is 0 Å². The Bertz CT molecular complexity index is 700. The molecule has 0 aliphatic carbocycles. The first kappa shape index (κ1) is 20.0. The van der Waals surface area contributed by atoms with E-state index in [1.807, 2.05) is 43.3 Å². The average molecular weight is 375 g/mol. The van der Waals surface area contributed by atoms with E-state index in [1.165, 1.54) is 13.1 Å². The molecule has 26 heavy (non-hydrogen) atoms. The maximum absolute atomic E-state index is 12.5. The van der Waals surface area contributed by atoms with E-state index in [9.17, 15) is 9.59 Å². The van der Waals surface area contributed by atoms with Crippen LogP contribution in [0.1, 0.15) is 36.3 Å². The summed E-state index contributed by atoms with van der Waals surface area (Å²) in [5.74, 6) is -0.239. The molecule has 1 heterocycles. The molecule has 1 aromatic rings. The maximum Gasteiger partial charge on any atom is 0.243 e. The fourth-order valence-corrected chi connectivity index (χ4v) is 3.45. The van der Waals surface area contributed by atoms with E-state index < -0.39 is 11.4 Å². The summed E-state index contributed by atoms with van der Waals surface area (Å²) in [5, 5.41) is 9.72. The molecule has 1 aromatic carbocycles. The van der Waals surface area contributed by atoms with Crippen molar-refractivity contribution in [2.75, 3.05) is 20.6 Å². The minimum absolute atomic E-state index is 0.0723. The Hall–Kier alpha value is -2.28. The zero-order chi connectivity index (χ0) is 19.3. The third kappa shape index (κ3) is 4.66. The van der Waals surface area contributed by atoms with Gasteiger partial charge in [0.25, 0.3) is 0 Å². The van der Waals surface area contributed by atoms with Crippen LogP contribution in [0.15, 0.2) is 30.3 Å². The quantitative estimate of drug-likeness (QED) is 0.406. The number of nitrogens with one attached hydrogen (secondary N) is 2. The Morgan fingerprint density at radius 3 is 2.54 bits per heavy atom. The molecule has 1 aliphatic heterocycles. The normalized spacial score (nSPS) is 18.4. The minimum atomic E-state index is -0.444. The van der Waals surface area contributed by atoms with Crippen molar-refractivity contribution in [3.8, 4) is 0 Å². The summed E-state index contributed by atoms with van der Waals surface area (Å²) in [6, 6.07) is 7.30. The lowest BCUT2D eigenvalue weighted by atomic mass is 10.1. The van der Waals surface area contributed by atoms with Crippen LogP contribution < -0.4 is 5.32 Å². The number of likely N-dealkylation sites (tertiary alicyclic amines) is 1. The summed E-state index contributed by atoms with van der Waals surface area (Å²) in [7, 11) is 3.85. The number of hydrogen-bond acceptors (Lipinski definition) is 5. The Labute approximate surface area is 160 Å². The van der Waals surface area contributed by atoms with Crippen LogP contribution >= 0.6 is 12.6 Å². The molecule has 0 aromatic heterocycles. The van der Waals surface area contributed by atoms with Crippen molar-refractivity contribution in [2.24, 2.45) is 0 Å². The van der Waals surface area contributed by atoms with Gasteiger partial charge >= 0.3 is 0 Å². The largest absolute Gasteiger partial charge is 0.377 e. The second kappa shape index (κ2) is 8.89. The van der Waals surface area contributed by atoms with Crippen LogP contribution in [0.5, 0.6) is 0 Å². The average Bonchev–Trinajstić information content (AvgIpc) is 3.09. The smallest absolute Gasteiger partial charge is 0.243 e. The van der Waals surface area contributed by atoms with Gasteiger partial charge in [-0.15, -0.1) is 12.6 Å². The SMILES string of the molecule is CC(=O)N1CCCC1C(=O)NC(S)c1ccc(/C(=C/C=N)N(C)C)cc1. The predicted octanol–water partition coefficient (Wildman–Crippen LogP) is 2.29. The third-order valence-corrected chi connectivity index (χ3v) is 4.91. The van der Waals surface area contributed by atoms with E-state index >= 15 is 0 Å². The van der Waals surface area contributed by atoms with Crippen molar-refractivity contribution >= 4 is 36.4 Å². The van der Waals surface area contributed by atoms with E-state index in [4.69, 9.17) is 5.41 Å². The highest BCUT2D eigenvalue weighted by molar-refractivity contribution is 7.80. The molecule has 2 rings (SSSR count). The van der Waals surface area contributed by atoms with Crippen LogP contribution in [0, 0.1) is 5.41 Å². The topological polar surface area (TPSA) is 76.5 Å². The number of rotatable bonds is 6. The lowest BCUT2D eigenvalue weighted by Gasteiger charge is -2.24. The number of allylic oxidation sites excluding steroid dienone is 1. The molecule has 0 bridgehead atoms. The fourth-order valence-electron chi connectivity index (χ4n) is 3.15. The van der Waals surface area contributed by atoms with Crippen LogP contribution in [-0.2, 0) is 9.59 Å². The number of carbonyl (C=O) groups is 2. The van der Waals surface area contributed by atoms with E-state index in [-0.39, 0.29) is 11.8 Å². The van der Waals surface area contributed by atoms with Gasteiger partial charge in [0.05, 0.1) is 5.37 Å². The number of thiol groups is 1. The Kier molecular flexibility index (Phi) is 6.85. The van der Waals surface area contributed by atoms with Crippen LogP contribution in [-0.4, -0.2) is 54.5 Å². The van der Waals surface area contributed by atoms with Crippen molar-refractivity contribution in [3.63, 3.8) is 0 Å². The van der Waals surface area contributed by atoms with Crippen LogP contribution in [0.3, 0.4) is 0 Å². The lowest BCUT2D eigenvalue weighted by Crippen LogP contribution is -2.45. The number of carbonyl (C=O) groups excluding carboxylic acids is 2. The van der Waals surface area contributed by atoms with Crippen molar-refractivity contribution in [3.05, 3.63) is 41.5 Å². The van der Waals surface area contributed by atoms with E-state index in [1.54, 1.807) is 11.0 Å². The molecule has 2 unspecified atom stereocenters. The van der Waals surface area contributed by atoms with E-state index in [2.05, 4.69) is 17.9 Å². The van der Waals surface area contributed by atoms with Crippen molar-refractivity contribution in [1.82, 2.24) is 15.1 Å². The first-order valence-corrected chi connectivity index (χ1v) is 9.11. The molecule has 7 heteroatoms. The summed E-state index contributed by atoms with van der Waals surface area (Å²) in [4.78, 5) is 27.7. The predicted molar refractivity (Wildman–Crippen MR) is 107 cm³/mol. The van der Waals surface area contributed by atoms with Gasteiger partial charge in [-0.1, -0.05) is 24.3 Å². The zero-order valence-electron chi connectivity index (χ0n) is 15.4. The summed E-state index contributed by atoms with van der Waals surface area (Å²) < 4.78 is 0. The Balaban J connectivity index is 2.07. The van der Waals surface area contributed by atoms with E-state index in [0.29, 0.717) is 13.0 Å². The second-order valence-corrected chi connectivity index (χ2v) is 7.03. The molecule has 140 valence electrons. The molecule has 0 saturated carbocycles. The molecular formula is C19H26N4O2S. The second-order valence-electron chi connectivity index (χ2n) is 6.52. The number of hydrogen-bond donors (Lipinski definition) is 3. The number of benzene rings is 1. The van der Waals surface area contributed by atoms with Crippen molar-refractivity contribution < 1.29 is 9.59 Å². The van der Waals surface area contributed by atoms with E-state index in [0.717, 1.165) is 23.2 Å². The molecule has 1 aliphatic rings. The molecule has 0 radical (unpaired) electrons. The minimum Gasteiger partial charge on any atom is -0.377 e. The van der Waals surface area contributed by atoms with Crippen LogP contribution in [0.2, 0.25) is 0 Å². The molecule has 2 amide bonds. The monoisotopic (exact) mass is 374 g/mol. The van der Waals surface area contributed by atoms with Crippen molar-refractivity contribution in [2.45, 2.75) is 31.2 Å². The summed E-state index contributed by atoms with van der Waals surface area (Å²) in [5.41, 5.74) is 2.77. The van der Waals surface area contributed by atoms with Gasteiger partial charge in [0.1, 0.15) is 6.04 Å². The Morgan fingerprint density at radius 1 is 1.35 bits per heavy atom. The summed E-state index contributed by atoms with van der Waals surface area (Å²) in [6.07, 6.45) is 4.51. The first-order valence-electron chi connectivity index (χ1n) is 8.59. The van der Waals surface area contributed by atoms with Crippen LogP contribution in [0.25, 0.3) is 5.70 Å². The highest BCUT2D eigenvalue weighted by Crippen LogP contribution is 2.23. The van der Waals surface area contributed by atoms with Gasteiger partial charge < -0.3 is 20.5 Å². The zero-order valence-corrected chi connectivity index (χ0v) is 16.3.